The molecule has 0 aromatic heterocycles. The van der Waals surface area contributed by atoms with Gasteiger partial charge >= 0.3 is 0 Å². The van der Waals surface area contributed by atoms with Crippen LogP contribution in [0.5, 0.6) is 0 Å². The van der Waals surface area contributed by atoms with Gasteiger partial charge in [-0.1, -0.05) is 38.8 Å². The molecular weight excluding hydrogens is 238 g/mol. The summed E-state index contributed by atoms with van der Waals surface area (Å²) in [4.78, 5) is 2.57. The van der Waals surface area contributed by atoms with Crippen LogP contribution >= 0.6 is 0 Å². The van der Waals surface area contributed by atoms with Gasteiger partial charge in [0.2, 0.25) is 0 Å². The van der Waals surface area contributed by atoms with Crippen LogP contribution in [0.15, 0.2) is 5.16 Å². The van der Waals surface area contributed by atoms with Crippen molar-refractivity contribution in [2.24, 2.45) is 22.2 Å². The topological polar surface area (TPSA) is 61.8 Å². The third kappa shape index (κ3) is 5.39. The van der Waals surface area contributed by atoms with Crippen molar-refractivity contribution < 1.29 is 5.21 Å². The molecule has 0 spiro atoms. The summed E-state index contributed by atoms with van der Waals surface area (Å²) in [7, 11) is 0. The molecule has 0 amide bonds. The van der Waals surface area contributed by atoms with Gasteiger partial charge in [0.1, 0.15) is 5.84 Å². The van der Waals surface area contributed by atoms with Gasteiger partial charge in [-0.2, -0.15) is 0 Å². The predicted octanol–water partition coefficient (Wildman–Crippen LogP) is 3.05. The van der Waals surface area contributed by atoms with Crippen LogP contribution in [0.25, 0.3) is 0 Å². The molecule has 0 saturated heterocycles. The van der Waals surface area contributed by atoms with Crippen LogP contribution in [-0.2, 0) is 0 Å². The lowest BCUT2D eigenvalue weighted by molar-refractivity contribution is 0.180. The Morgan fingerprint density at radius 3 is 2.53 bits per heavy atom. The first-order valence-electron chi connectivity index (χ1n) is 7.70. The summed E-state index contributed by atoms with van der Waals surface area (Å²) in [6, 6.07) is 0. The standard InChI is InChI=1S/C15H31N3O/c1-4-18(12-13-8-7-9-13)11-6-5-10-15(2,3)14(16)17-19/h13,19H,4-12H2,1-3H3,(H2,16,17). The highest BCUT2D eigenvalue weighted by Crippen LogP contribution is 2.27. The third-order valence-corrected chi connectivity index (χ3v) is 4.52. The van der Waals surface area contributed by atoms with Gasteiger partial charge in [-0.15, -0.1) is 0 Å². The zero-order chi connectivity index (χ0) is 14.3. The molecule has 0 heterocycles. The lowest BCUT2D eigenvalue weighted by Gasteiger charge is -2.32. The Bertz CT molecular complexity index is 285. The van der Waals surface area contributed by atoms with Gasteiger partial charge in [0.05, 0.1) is 0 Å². The summed E-state index contributed by atoms with van der Waals surface area (Å²) in [6.45, 7) is 9.93. The van der Waals surface area contributed by atoms with Crippen molar-refractivity contribution in [3.63, 3.8) is 0 Å². The minimum atomic E-state index is -0.195. The summed E-state index contributed by atoms with van der Waals surface area (Å²) in [5, 5.41) is 11.9. The van der Waals surface area contributed by atoms with E-state index in [0.717, 1.165) is 25.3 Å². The molecule has 0 radical (unpaired) electrons. The average Bonchev–Trinajstić information content (AvgIpc) is 2.34. The Kier molecular flexibility index (Phi) is 6.63. The largest absolute Gasteiger partial charge is 0.409 e. The predicted molar refractivity (Wildman–Crippen MR) is 80.5 cm³/mol. The quantitative estimate of drug-likeness (QED) is 0.222. The summed E-state index contributed by atoms with van der Waals surface area (Å²) >= 11 is 0. The van der Waals surface area contributed by atoms with E-state index in [1.165, 1.54) is 38.8 Å². The second kappa shape index (κ2) is 7.73. The van der Waals surface area contributed by atoms with Gasteiger partial charge in [0.25, 0.3) is 0 Å². The van der Waals surface area contributed by atoms with E-state index in [0.29, 0.717) is 5.84 Å². The van der Waals surface area contributed by atoms with Crippen molar-refractivity contribution >= 4 is 5.84 Å². The van der Waals surface area contributed by atoms with Crippen molar-refractivity contribution in [1.29, 1.82) is 0 Å². The number of hydrogen-bond acceptors (Lipinski definition) is 3. The first-order chi connectivity index (χ1) is 8.99. The van der Waals surface area contributed by atoms with E-state index in [1.54, 1.807) is 0 Å². The van der Waals surface area contributed by atoms with Gasteiger partial charge in [-0.05, 0) is 44.7 Å². The van der Waals surface area contributed by atoms with Crippen LogP contribution in [0, 0.1) is 11.3 Å². The summed E-state index contributed by atoms with van der Waals surface area (Å²) < 4.78 is 0. The van der Waals surface area contributed by atoms with Crippen molar-refractivity contribution in [1.82, 2.24) is 4.90 Å². The maximum absolute atomic E-state index is 8.74. The van der Waals surface area contributed by atoms with Crippen LogP contribution in [0.4, 0.5) is 0 Å². The van der Waals surface area contributed by atoms with Crippen molar-refractivity contribution in [3.05, 3.63) is 0 Å². The fourth-order valence-corrected chi connectivity index (χ4v) is 2.58. The molecule has 0 aromatic carbocycles. The first-order valence-corrected chi connectivity index (χ1v) is 7.70. The number of amidine groups is 1. The van der Waals surface area contributed by atoms with E-state index in [4.69, 9.17) is 10.9 Å². The Morgan fingerprint density at radius 1 is 1.37 bits per heavy atom. The van der Waals surface area contributed by atoms with E-state index >= 15 is 0 Å². The second-order valence-electron chi connectivity index (χ2n) is 6.52. The van der Waals surface area contributed by atoms with Crippen LogP contribution in [-0.4, -0.2) is 35.6 Å². The molecule has 3 N–H and O–H groups in total. The molecule has 0 aliphatic heterocycles. The SMILES string of the molecule is CCN(CCCCC(C)(C)C(N)=NO)CC1CCC1. The molecule has 4 heteroatoms. The molecule has 0 bridgehead atoms. The minimum Gasteiger partial charge on any atom is -0.409 e. The molecule has 1 fully saturated rings. The number of oxime groups is 1. The molecule has 1 rings (SSSR count). The molecule has 0 atom stereocenters. The molecule has 112 valence electrons. The fourth-order valence-electron chi connectivity index (χ4n) is 2.58. The van der Waals surface area contributed by atoms with Crippen molar-refractivity contribution in [3.8, 4) is 0 Å². The number of nitrogens with two attached hydrogens (primary N) is 1. The normalized spacial score (nSPS) is 17.8. The third-order valence-electron chi connectivity index (χ3n) is 4.52. The van der Waals surface area contributed by atoms with Gasteiger partial charge in [-0.3, -0.25) is 0 Å². The van der Waals surface area contributed by atoms with Gasteiger partial charge < -0.3 is 15.8 Å². The Labute approximate surface area is 118 Å². The Balaban J connectivity index is 2.17. The molecule has 19 heavy (non-hydrogen) atoms. The Morgan fingerprint density at radius 2 is 2.05 bits per heavy atom. The molecule has 1 saturated carbocycles. The van der Waals surface area contributed by atoms with Crippen LogP contribution in [0.2, 0.25) is 0 Å². The molecular formula is C15H31N3O. The van der Waals surface area contributed by atoms with Crippen LogP contribution in [0.3, 0.4) is 0 Å². The summed E-state index contributed by atoms with van der Waals surface area (Å²) in [5.41, 5.74) is 5.51. The zero-order valence-corrected chi connectivity index (χ0v) is 12.9. The van der Waals surface area contributed by atoms with E-state index < -0.39 is 0 Å². The van der Waals surface area contributed by atoms with E-state index in [-0.39, 0.29) is 5.41 Å². The van der Waals surface area contributed by atoms with E-state index in [9.17, 15) is 0 Å². The van der Waals surface area contributed by atoms with Crippen LogP contribution < -0.4 is 5.73 Å². The maximum Gasteiger partial charge on any atom is 0.144 e. The molecule has 0 unspecified atom stereocenters. The highest BCUT2D eigenvalue weighted by Gasteiger charge is 2.23. The van der Waals surface area contributed by atoms with Crippen molar-refractivity contribution in [2.75, 3.05) is 19.6 Å². The van der Waals surface area contributed by atoms with Gasteiger partial charge in [0, 0.05) is 12.0 Å². The van der Waals surface area contributed by atoms with Crippen LogP contribution in [0.1, 0.15) is 59.3 Å². The fraction of sp³-hybridized carbons (Fsp3) is 0.933. The van der Waals surface area contributed by atoms with E-state index in [1.807, 2.05) is 13.8 Å². The zero-order valence-electron chi connectivity index (χ0n) is 12.9. The van der Waals surface area contributed by atoms with Gasteiger partial charge in [0.15, 0.2) is 0 Å². The molecule has 1 aliphatic carbocycles. The highest BCUT2D eigenvalue weighted by molar-refractivity contribution is 5.85. The maximum atomic E-state index is 8.74. The average molecular weight is 269 g/mol. The summed E-state index contributed by atoms with van der Waals surface area (Å²) in [5.74, 6) is 1.29. The number of unbranched alkanes of at least 4 members (excludes halogenated alkanes) is 1. The molecule has 0 aromatic rings. The first kappa shape index (κ1) is 16.3. The molecule has 1 aliphatic rings. The van der Waals surface area contributed by atoms with Gasteiger partial charge in [-0.25, -0.2) is 0 Å². The smallest absolute Gasteiger partial charge is 0.144 e. The monoisotopic (exact) mass is 269 g/mol. The summed E-state index contributed by atoms with van der Waals surface area (Å²) in [6.07, 6.45) is 7.58. The van der Waals surface area contributed by atoms with Crippen molar-refractivity contribution in [2.45, 2.75) is 59.3 Å². The number of hydrogen-bond donors (Lipinski definition) is 2. The number of rotatable bonds is 9. The number of nitrogens with zero attached hydrogens (tertiary/aromatic N) is 2. The lowest BCUT2D eigenvalue weighted by atomic mass is 9.84. The second-order valence-corrected chi connectivity index (χ2v) is 6.52. The minimum absolute atomic E-state index is 0.195. The Hall–Kier alpha value is -0.770. The highest BCUT2D eigenvalue weighted by atomic mass is 16.4. The molecule has 4 nitrogen and oxygen atoms in total. The van der Waals surface area contributed by atoms with E-state index in [2.05, 4.69) is 17.0 Å². The lowest BCUT2D eigenvalue weighted by Crippen LogP contribution is -2.34.